The fourth-order valence-corrected chi connectivity index (χ4v) is 2.23. The highest BCUT2D eigenvalue weighted by Gasteiger charge is 2.45. The Balaban J connectivity index is 2.44. The highest BCUT2D eigenvalue weighted by molar-refractivity contribution is 6.22. The second-order valence-corrected chi connectivity index (χ2v) is 5.55. The predicted octanol–water partition coefficient (Wildman–Crippen LogP) is 1.63. The lowest BCUT2D eigenvalue weighted by molar-refractivity contribution is -0.124. The minimum Gasteiger partial charge on any atom is -0.384 e. The van der Waals surface area contributed by atoms with Crippen LogP contribution in [0.5, 0.6) is 0 Å². The molecule has 2 amide bonds. The summed E-state index contributed by atoms with van der Waals surface area (Å²) in [7, 11) is 0. The summed E-state index contributed by atoms with van der Waals surface area (Å²) < 4.78 is 0. The van der Waals surface area contributed by atoms with Gasteiger partial charge in [-0.25, -0.2) is 0 Å². The Hall–Kier alpha value is -2.12. The molecule has 1 N–H and O–H groups in total. The summed E-state index contributed by atoms with van der Waals surface area (Å²) in [4.78, 5) is 25.5. The topological polar surface area (TPSA) is 57.6 Å². The summed E-state index contributed by atoms with van der Waals surface area (Å²) in [5.41, 5.74) is 1.53. The van der Waals surface area contributed by atoms with Crippen LogP contribution in [0.25, 0.3) is 0 Å². The number of amides is 2. The Labute approximate surface area is 118 Å². The van der Waals surface area contributed by atoms with E-state index in [1.165, 1.54) is 4.90 Å². The van der Waals surface area contributed by atoms with E-state index in [1.807, 2.05) is 13.0 Å². The summed E-state index contributed by atoms with van der Waals surface area (Å²) in [6, 6.07) is 5.29. The van der Waals surface area contributed by atoms with Gasteiger partial charge >= 0.3 is 0 Å². The normalized spacial score (nSPS) is 17.1. The molecule has 4 nitrogen and oxygen atoms in total. The van der Waals surface area contributed by atoms with Crippen molar-refractivity contribution in [1.82, 2.24) is 0 Å². The highest BCUT2D eigenvalue weighted by atomic mass is 16.2. The van der Waals surface area contributed by atoms with Crippen LogP contribution in [0.2, 0.25) is 0 Å². The van der Waals surface area contributed by atoms with Gasteiger partial charge in [0.05, 0.1) is 11.1 Å². The first-order chi connectivity index (χ1) is 9.36. The number of rotatable bonds is 1. The summed E-state index contributed by atoms with van der Waals surface area (Å²) in [6.45, 7) is 5.21. The Kier molecular flexibility index (Phi) is 3.65. The van der Waals surface area contributed by atoms with Crippen molar-refractivity contribution in [1.29, 1.82) is 0 Å². The average molecular weight is 271 g/mol. The molecule has 4 heteroatoms. The van der Waals surface area contributed by atoms with E-state index >= 15 is 0 Å². The maximum atomic E-state index is 12.3. The third-order valence-corrected chi connectivity index (χ3v) is 3.41. The van der Waals surface area contributed by atoms with E-state index < -0.39 is 5.41 Å². The molecule has 0 aromatic heterocycles. The molecule has 0 aliphatic carbocycles. The Morgan fingerprint density at radius 3 is 2.60 bits per heavy atom. The molecule has 1 aromatic carbocycles. The lowest BCUT2D eigenvalue weighted by atomic mass is 9.92. The quantitative estimate of drug-likeness (QED) is 0.624. The third kappa shape index (κ3) is 2.45. The van der Waals surface area contributed by atoms with E-state index in [9.17, 15) is 9.59 Å². The molecule has 104 valence electrons. The first-order valence-electron chi connectivity index (χ1n) is 6.44. The maximum absolute atomic E-state index is 12.3. The maximum Gasteiger partial charge on any atom is 0.239 e. The van der Waals surface area contributed by atoms with Gasteiger partial charge in [-0.3, -0.25) is 14.5 Å². The smallest absolute Gasteiger partial charge is 0.239 e. The summed E-state index contributed by atoms with van der Waals surface area (Å²) in [5.74, 6) is 5.03. The molecule has 1 aromatic rings. The van der Waals surface area contributed by atoms with Gasteiger partial charge in [0.1, 0.15) is 6.61 Å². The van der Waals surface area contributed by atoms with Crippen molar-refractivity contribution in [2.75, 3.05) is 11.5 Å². The second kappa shape index (κ2) is 5.10. The van der Waals surface area contributed by atoms with Crippen LogP contribution in [0, 0.1) is 24.2 Å². The number of aliphatic hydroxyl groups excluding tert-OH is 1. The van der Waals surface area contributed by atoms with E-state index in [0.717, 1.165) is 5.56 Å². The van der Waals surface area contributed by atoms with Gasteiger partial charge < -0.3 is 5.11 Å². The molecule has 0 spiro atoms. The molecule has 1 fully saturated rings. The second-order valence-electron chi connectivity index (χ2n) is 5.55. The summed E-state index contributed by atoms with van der Waals surface area (Å²) in [6.07, 6.45) is 0.220. The predicted molar refractivity (Wildman–Crippen MR) is 76.0 cm³/mol. The van der Waals surface area contributed by atoms with Crippen LogP contribution in [-0.4, -0.2) is 23.5 Å². The fraction of sp³-hybridized carbons (Fsp3) is 0.375. The zero-order chi connectivity index (χ0) is 14.9. The number of carbonyl (C=O) groups is 2. The van der Waals surface area contributed by atoms with E-state index in [4.69, 9.17) is 5.11 Å². The zero-order valence-corrected chi connectivity index (χ0v) is 11.9. The van der Waals surface area contributed by atoms with Crippen molar-refractivity contribution in [2.45, 2.75) is 27.2 Å². The molecular weight excluding hydrogens is 254 g/mol. The van der Waals surface area contributed by atoms with Gasteiger partial charge in [-0.2, -0.15) is 0 Å². The lowest BCUT2D eigenvalue weighted by Crippen LogP contribution is -2.33. The molecule has 0 radical (unpaired) electrons. The van der Waals surface area contributed by atoms with Crippen LogP contribution in [0.3, 0.4) is 0 Å². The molecular formula is C16H17NO3. The largest absolute Gasteiger partial charge is 0.384 e. The standard InChI is InChI=1S/C16H17NO3/c1-11-6-7-13(9-12(11)5-4-8-18)17-14(19)10-16(2,3)15(17)20/h6-7,9,18H,8,10H2,1-3H3. The van der Waals surface area contributed by atoms with Crippen LogP contribution in [0.15, 0.2) is 18.2 Å². The first kappa shape index (κ1) is 14.3. The number of hydrogen-bond acceptors (Lipinski definition) is 3. The number of nitrogens with zero attached hydrogens (tertiary/aromatic N) is 1. The van der Waals surface area contributed by atoms with Crippen LogP contribution in [0.1, 0.15) is 31.4 Å². The van der Waals surface area contributed by atoms with Crippen molar-refractivity contribution in [3.05, 3.63) is 29.3 Å². The molecule has 0 saturated carbocycles. The van der Waals surface area contributed by atoms with Gasteiger partial charge in [-0.05, 0) is 24.6 Å². The average Bonchev–Trinajstić information content (AvgIpc) is 2.58. The minimum absolute atomic E-state index is 0.188. The van der Waals surface area contributed by atoms with E-state index in [1.54, 1.807) is 26.0 Å². The third-order valence-electron chi connectivity index (χ3n) is 3.41. The number of carbonyl (C=O) groups excluding carboxylic acids is 2. The van der Waals surface area contributed by atoms with Crippen molar-refractivity contribution >= 4 is 17.5 Å². The van der Waals surface area contributed by atoms with Crippen LogP contribution >= 0.6 is 0 Å². The number of aryl methyl sites for hydroxylation is 1. The number of aliphatic hydroxyl groups is 1. The zero-order valence-electron chi connectivity index (χ0n) is 11.9. The van der Waals surface area contributed by atoms with Gasteiger partial charge in [-0.15, -0.1) is 0 Å². The first-order valence-corrected chi connectivity index (χ1v) is 6.44. The molecule has 0 bridgehead atoms. The molecule has 0 unspecified atom stereocenters. The molecule has 1 saturated heterocycles. The van der Waals surface area contributed by atoms with Crippen molar-refractivity contribution < 1.29 is 14.7 Å². The van der Waals surface area contributed by atoms with E-state index in [2.05, 4.69) is 11.8 Å². The molecule has 1 heterocycles. The van der Waals surface area contributed by atoms with Crippen molar-refractivity contribution in [3.63, 3.8) is 0 Å². The number of hydrogen-bond donors (Lipinski definition) is 1. The number of benzene rings is 1. The Morgan fingerprint density at radius 1 is 1.35 bits per heavy atom. The highest BCUT2D eigenvalue weighted by Crippen LogP contribution is 2.35. The van der Waals surface area contributed by atoms with Gasteiger partial charge in [0.15, 0.2) is 0 Å². The minimum atomic E-state index is -0.654. The van der Waals surface area contributed by atoms with Gasteiger partial charge in [0, 0.05) is 12.0 Å². The van der Waals surface area contributed by atoms with Crippen molar-refractivity contribution in [3.8, 4) is 11.8 Å². The molecule has 20 heavy (non-hydrogen) atoms. The van der Waals surface area contributed by atoms with Gasteiger partial charge in [0.25, 0.3) is 0 Å². The Bertz CT molecular complexity index is 635. The SMILES string of the molecule is Cc1ccc(N2C(=O)CC(C)(C)C2=O)cc1C#CCO. The molecule has 2 rings (SSSR count). The lowest BCUT2D eigenvalue weighted by Gasteiger charge is -2.18. The Morgan fingerprint density at radius 2 is 2.05 bits per heavy atom. The van der Waals surface area contributed by atoms with E-state index in [0.29, 0.717) is 11.3 Å². The molecule has 0 atom stereocenters. The molecule has 1 aliphatic rings. The number of imide groups is 1. The number of anilines is 1. The van der Waals surface area contributed by atoms with Crippen LogP contribution in [-0.2, 0) is 9.59 Å². The monoisotopic (exact) mass is 271 g/mol. The van der Waals surface area contributed by atoms with Crippen LogP contribution in [0.4, 0.5) is 5.69 Å². The van der Waals surface area contributed by atoms with Gasteiger partial charge in [-0.1, -0.05) is 31.8 Å². The summed E-state index contributed by atoms with van der Waals surface area (Å²) in [5, 5.41) is 8.76. The van der Waals surface area contributed by atoms with Crippen molar-refractivity contribution in [2.24, 2.45) is 5.41 Å². The van der Waals surface area contributed by atoms with Crippen LogP contribution < -0.4 is 4.90 Å². The van der Waals surface area contributed by atoms with Gasteiger partial charge in [0.2, 0.25) is 11.8 Å². The fourth-order valence-electron chi connectivity index (χ4n) is 2.23. The van der Waals surface area contributed by atoms with E-state index in [-0.39, 0.29) is 24.8 Å². The summed E-state index contributed by atoms with van der Waals surface area (Å²) >= 11 is 0. The molecule has 1 aliphatic heterocycles.